The highest BCUT2D eigenvalue weighted by Crippen LogP contribution is 2.13. The second-order valence-corrected chi connectivity index (χ2v) is 4.53. The van der Waals surface area contributed by atoms with E-state index >= 15 is 0 Å². The van der Waals surface area contributed by atoms with Gasteiger partial charge in [0.05, 0.1) is 12.1 Å². The summed E-state index contributed by atoms with van der Waals surface area (Å²) in [6, 6.07) is 6.88. The summed E-state index contributed by atoms with van der Waals surface area (Å²) in [4.78, 5) is 12.1. The number of terminal acetylenes is 1. The smallest absolute Gasteiger partial charge is 0.251 e. The lowest BCUT2D eigenvalue weighted by atomic mass is 10.1. The highest BCUT2D eigenvalue weighted by atomic mass is 35.5. The van der Waals surface area contributed by atoms with E-state index in [1.54, 1.807) is 31.4 Å². The molecule has 1 heterocycles. The van der Waals surface area contributed by atoms with E-state index in [9.17, 15) is 4.79 Å². The maximum absolute atomic E-state index is 12.1. The molecule has 1 aromatic carbocycles. The molecule has 0 aliphatic carbocycles. The maximum atomic E-state index is 12.1. The zero-order chi connectivity index (χ0) is 14.4. The van der Waals surface area contributed by atoms with Gasteiger partial charge in [0.15, 0.2) is 0 Å². The third kappa shape index (κ3) is 4.64. The predicted octanol–water partition coefficient (Wildman–Crippen LogP) is 0.837. The van der Waals surface area contributed by atoms with Crippen molar-refractivity contribution in [1.82, 2.24) is 10.6 Å². The first-order chi connectivity index (χ1) is 9.74. The van der Waals surface area contributed by atoms with Crippen LogP contribution in [-0.2, 0) is 4.74 Å². The van der Waals surface area contributed by atoms with Crippen molar-refractivity contribution in [3.63, 3.8) is 0 Å². The van der Waals surface area contributed by atoms with Crippen molar-refractivity contribution in [3.8, 4) is 18.1 Å². The Morgan fingerprint density at radius 2 is 2.14 bits per heavy atom. The third-order valence-corrected chi connectivity index (χ3v) is 3.22. The van der Waals surface area contributed by atoms with Gasteiger partial charge in [-0.1, -0.05) is 5.92 Å². The van der Waals surface area contributed by atoms with Gasteiger partial charge < -0.3 is 20.1 Å². The van der Waals surface area contributed by atoms with Crippen LogP contribution in [0, 0.1) is 12.3 Å². The summed E-state index contributed by atoms with van der Waals surface area (Å²) in [5, 5.41) is 6.14. The first-order valence-corrected chi connectivity index (χ1v) is 6.45. The van der Waals surface area contributed by atoms with Crippen molar-refractivity contribution in [2.75, 3.05) is 26.8 Å². The summed E-state index contributed by atoms with van der Waals surface area (Å²) in [5.74, 6) is 2.92. The van der Waals surface area contributed by atoms with Gasteiger partial charge in [-0.05, 0) is 24.3 Å². The molecule has 2 rings (SSSR count). The number of nitrogens with one attached hydrogen (secondary N) is 2. The molecule has 2 N–H and O–H groups in total. The Hall–Kier alpha value is -1.74. The van der Waals surface area contributed by atoms with Crippen LogP contribution < -0.4 is 15.4 Å². The van der Waals surface area contributed by atoms with Gasteiger partial charge in [0.1, 0.15) is 12.4 Å². The van der Waals surface area contributed by atoms with E-state index in [2.05, 4.69) is 16.6 Å². The Bertz CT molecular complexity index is 499. The number of methoxy groups -OCH3 is 1. The minimum absolute atomic E-state index is 0. The van der Waals surface area contributed by atoms with Crippen molar-refractivity contribution in [3.05, 3.63) is 29.8 Å². The molecule has 0 aromatic heterocycles. The molecule has 0 radical (unpaired) electrons. The molecule has 2 unspecified atom stereocenters. The van der Waals surface area contributed by atoms with E-state index in [0.717, 1.165) is 6.54 Å². The molecule has 1 amide bonds. The number of benzene rings is 1. The minimum atomic E-state index is -0.121. The average Bonchev–Trinajstić information content (AvgIpc) is 2.92. The minimum Gasteiger partial charge on any atom is -0.481 e. The van der Waals surface area contributed by atoms with Crippen LogP contribution in [-0.4, -0.2) is 44.9 Å². The summed E-state index contributed by atoms with van der Waals surface area (Å²) < 4.78 is 10.6. The summed E-state index contributed by atoms with van der Waals surface area (Å²) in [5.41, 5.74) is 0.583. The van der Waals surface area contributed by atoms with Crippen LogP contribution in [0.1, 0.15) is 10.4 Å². The lowest BCUT2D eigenvalue weighted by Crippen LogP contribution is -2.43. The normalized spacial score (nSPS) is 20.2. The van der Waals surface area contributed by atoms with Gasteiger partial charge in [-0.25, -0.2) is 0 Å². The third-order valence-electron chi connectivity index (χ3n) is 3.22. The van der Waals surface area contributed by atoms with Gasteiger partial charge in [-0.2, -0.15) is 0 Å². The molecule has 5 nitrogen and oxygen atoms in total. The maximum Gasteiger partial charge on any atom is 0.251 e. The van der Waals surface area contributed by atoms with Gasteiger partial charge in [-0.15, -0.1) is 18.8 Å². The van der Waals surface area contributed by atoms with Crippen molar-refractivity contribution in [1.29, 1.82) is 0 Å². The summed E-state index contributed by atoms with van der Waals surface area (Å²) in [6.45, 7) is 1.68. The van der Waals surface area contributed by atoms with Crippen LogP contribution in [0.2, 0.25) is 0 Å². The fraction of sp³-hybridized carbons (Fsp3) is 0.400. The van der Waals surface area contributed by atoms with E-state index in [1.165, 1.54) is 0 Å². The van der Waals surface area contributed by atoms with Crippen LogP contribution >= 0.6 is 12.4 Å². The van der Waals surface area contributed by atoms with Crippen LogP contribution in [0.4, 0.5) is 0 Å². The van der Waals surface area contributed by atoms with Crippen LogP contribution in [0.25, 0.3) is 0 Å². The molecule has 6 heteroatoms. The van der Waals surface area contributed by atoms with Crippen molar-refractivity contribution < 1.29 is 14.3 Å². The monoisotopic (exact) mass is 310 g/mol. The number of amides is 1. The molecule has 0 bridgehead atoms. The molecule has 1 fully saturated rings. The molecule has 21 heavy (non-hydrogen) atoms. The van der Waals surface area contributed by atoms with E-state index in [-0.39, 0.29) is 37.1 Å². The Labute approximate surface area is 130 Å². The highest BCUT2D eigenvalue weighted by Gasteiger charge is 2.28. The molecular weight excluding hydrogens is 292 g/mol. The van der Waals surface area contributed by atoms with Crippen molar-refractivity contribution in [2.24, 2.45) is 0 Å². The average molecular weight is 311 g/mol. The summed E-state index contributed by atoms with van der Waals surface area (Å²) >= 11 is 0. The number of carbonyl (C=O) groups is 1. The fourth-order valence-electron chi connectivity index (χ4n) is 2.13. The summed E-state index contributed by atoms with van der Waals surface area (Å²) in [6.07, 6.45) is 5.13. The second kappa shape index (κ2) is 8.53. The molecular formula is C15H19ClN2O3. The first-order valence-electron chi connectivity index (χ1n) is 6.45. The lowest BCUT2D eigenvalue weighted by Gasteiger charge is -2.18. The van der Waals surface area contributed by atoms with E-state index < -0.39 is 0 Å². The Kier molecular flexibility index (Phi) is 7.03. The van der Waals surface area contributed by atoms with Crippen molar-refractivity contribution >= 4 is 18.3 Å². The molecule has 114 valence electrons. The Morgan fingerprint density at radius 3 is 2.76 bits per heavy atom. The predicted molar refractivity (Wildman–Crippen MR) is 82.9 cm³/mol. The van der Waals surface area contributed by atoms with Gasteiger partial charge in [-0.3, -0.25) is 4.79 Å². The quantitative estimate of drug-likeness (QED) is 0.791. The Balaban J connectivity index is 0.00000220. The molecule has 2 atom stereocenters. The lowest BCUT2D eigenvalue weighted by molar-refractivity contribution is 0.0780. The van der Waals surface area contributed by atoms with Crippen LogP contribution in [0.15, 0.2) is 24.3 Å². The molecule has 1 aliphatic rings. The van der Waals surface area contributed by atoms with Gasteiger partial charge >= 0.3 is 0 Å². The van der Waals surface area contributed by atoms with Crippen LogP contribution in [0.3, 0.4) is 0 Å². The zero-order valence-electron chi connectivity index (χ0n) is 11.8. The SMILES string of the molecule is C#CCOc1ccc(C(=O)NC2CNCC2OC)cc1.Cl. The number of carbonyl (C=O) groups excluding carboxylic acids is 1. The number of hydrogen-bond acceptors (Lipinski definition) is 4. The van der Waals surface area contributed by atoms with Crippen molar-refractivity contribution in [2.45, 2.75) is 12.1 Å². The number of hydrogen-bond donors (Lipinski definition) is 2. The molecule has 1 saturated heterocycles. The van der Waals surface area contributed by atoms with E-state index in [0.29, 0.717) is 17.9 Å². The number of rotatable bonds is 5. The zero-order valence-corrected chi connectivity index (χ0v) is 12.6. The van der Waals surface area contributed by atoms with Gasteiger partial charge in [0.2, 0.25) is 0 Å². The number of halogens is 1. The summed E-state index contributed by atoms with van der Waals surface area (Å²) in [7, 11) is 1.65. The van der Waals surface area contributed by atoms with E-state index in [4.69, 9.17) is 15.9 Å². The molecule has 1 aromatic rings. The standard InChI is InChI=1S/C15H18N2O3.ClH/c1-3-8-20-12-6-4-11(5-7-12)15(18)17-13-9-16-10-14(13)19-2;/h1,4-7,13-14,16H,8-10H2,2H3,(H,17,18);1H. The van der Waals surface area contributed by atoms with Gasteiger partial charge in [0.25, 0.3) is 5.91 Å². The highest BCUT2D eigenvalue weighted by molar-refractivity contribution is 5.94. The molecule has 0 spiro atoms. The number of ether oxygens (including phenoxy) is 2. The molecule has 0 saturated carbocycles. The van der Waals surface area contributed by atoms with Gasteiger partial charge in [0, 0.05) is 25.8 Å². The molecule has 1 aliphatic heterocycles. The topological polar surface area (TPSA) is 59.6 Å². The largest absolute Gasteiger partial charge is 0.481 e. The first kappa shape index (κ1) is 17.3. The second-order valence-electron chi connectivity index (χ2n) is 4.53. The Morgan fingerprint density at radius 1 is 1.43 bits per heavy atom. The van der Waals surface area contributed by atoms with E-state index in [1.807, 2.05) is 0 Å². The van der Waals surface area contributed by atoms with Crippen LogP contribution in [0.5, 0.6) is 5.75 Å². The fourth-order valence-corrected chi connectivity index (χ4v) is 2.13.